The van der Waals surface area contributed by atoms with E-state index in [1.54, 1.807) is 14.2 Å². The number of aromatic nitrogens is 1. The summed E-state index contributed by atoms with van der Waals surface area (Å²) in [7, 11) is 3.33. The van der Waals surface area contributed by atoms with Gasteiger partial charge in [0.1, 0.15) is 17.3 Å². The standard InChI is InChI=1S/C21H25N3O2S/c1-13-14(2)18(10-22)21(27)24(15(13)3)12-23-7-6-16-8-19(25-4)20(26-5)9-17(16)11-23/h8-9H,6-7,11-12H2,1-5H3/p+1. The Balaban J connectivity index is 1.93. The van der Waals surface area contributed by atoms with Crippen LogP contribution in [0.4, 0.5) is 0 Å². The number of pyridine rings is 1. The monoisotopic (exact) mass is 384 g/mol. The van der Waals surface area contributed by atoms with E-state index in [2.05, 4.69) is 36.6 Å². The summed E-state index contributed by atoms with van der Waals surface area (Å²) < 4.78 is 13.7. The Morgan fingerprint density at radius 3 is 2.33 bits per heavy atom. The largest absolute Gasteiger partial charge is 0.493 e. The fraction of sp³-hybridized carbons (Fsp3) is 0.429. The topological polar surface area (TPSA) is 51.6 Å². The van der Waals surface area contributed by atoms with Gasteiger partial charge in [0.05, 0.1) is 26.3 Å². The van der Waals surface area contributed by atoms with Gasteiger partial charge in [-0.3, -0.25) is 4.57 Å². The van der Waals surface area contributed by atoms with Crippen LogP contribution in [0.3, 0.4) is 0 Å². The number of nitriles is 1. The second-order valence-corrected chi connectivity index (χ2v) is 7.50. The number of methoxy groups -OCH3 is 2. The van der Waals surface area contributed by atoms with E-state index in [9.17, 15) is 5.26 Å². The fourth-order valence-corrected chi connectivity index (χ4v) is 4.22. The average Bonchev–Trinajstić information content (AvgIpc) is 2.68. The van der Waals surface area contributed by atoms with Gasteiger partial charge in [-0.1, -0.05) is 12.2 Å². The molecule has 6 heteroatoms. The summed E-state index contributed by atoms with van der Waals surface area (Å²) in [6.45, 7) is 8.79. The first-order valence-corrected chi connectivity index (χ1v) is 9.50. The molecule has 0 bridgehead atoms. The van der Waals surface area contributed by atoms with Gasteiger partial charge >= 0.3 is 0 Å². The number of hydrogen-bond donors (Lipinski definition) is 1. The van der Waals surface area contributed by atoms with Crippen molar-refractivity contribution in [3.05, 3.63) is 50.3 Å². The minimum absolute atomic E-state index is 0.622. The van der Waals surface area contributed by atoms with E-state index in [-0.39, 0.29) is 0 Å². The third-order valence-corrected chi connectivity index (χ3v) is 6.16. The molecule has 142 valence electrons. The van der Waals surface area contributed by atoms with Gasteiger partial charge in [0, 0.05) is 17.7 Å². The molecule has 1 unspecified atom stereocenters. The zero-order chi connectivity index (χ0) is 19.7. The lowest BCUT2D eigenvalue weighted by Crippen LogP contribution is -3.11. The molecule has 1 aliphatic rings. The van der Waals surface area contributed by atoms with Crippen molar-refractivity contribution < 1.29 is 14.4 Å². The van der Waals surface area contributed by atoms with E-state index in [4.69, 9.17) is 21.7 Å². The number of fused-ring (bicyclic) bond motifs is 1. The number of benzene rings is 1. The molecular weight excluding hydrogens is 358 g/mol. The third-order valence-electron chi connectivity index (χ3n) is 5.73. The first-order valence-electron chi connectivity index (χ1n) is 9.09. The van der Waals surface area contributed by atoms with Gasteiger partial charge in [0.2, 0.25) is 0 Å². The second kappa shape index (κ2) is 7.71. The molecule has 1 aromatic carbocycles. The molecule has 0 fully saturated rings. The average molecular weight is 385 g/mol. The molecule has 27 heavy (non-hydrogen) atoms. The quantitative estimate of drug-likeness (QED) is 0.824. The van der Waals surface area contributed by atoms with Crippen LogP contribution in [-0.4, -0.2) is 25.3 Å². The van der Waals surface area contributed by atoms with Crippen LogP contribution in [-0.2, 0) is 19.6 Å². The Morgan fingerprint density at radius 2 is 1.74 bits per heavy atom. The summed E-state index contributed by atoms with van der Waals surface area (Å²) in [4.78, 5) is 1.42. The van der Waals surface area contributed by atoms with E-state index in [1.165, 1.54) is 16.0 Å². The first-order chi connectivity index (χ1) is 12.9. The molecule has 2 aromatic rings. The molecule has 1 atom stereocenters. The van der Waals surface area contributed by atoms with Crippen LogP contribution in [0.2, 0.25) is 0 Å². The maximum atomic E-state index is 9.52. The van der Waals surface area contributed by atoms with Gasteiger partial charge in [0.15, 0.2) is 18.2 Å². The Hall–Kier alpha value is -2.36. The molecule has 1 aliphatic heterocycles. The Bertz CT molecular complexity index is 989. The fourth-order valence-electron chi connectivity index (χ4n) is 3.82. The summed E-state index contributed by atoms with van der Waals surface area (Å²) in [6.07, 6.45) is 0.980. The zero-order valence-electron chi connectivity index (χ0n) is 16.6. The number of nitrogens with zero attached hydrogens (tertiary/aromatic N) is 2. The molecule has 0 spiro atoms. The highest BCUT2D eigenvalue weighted by atomic mass is 32.1. The van der Waals surface area contributed by atoms with Crippen molar-refractivity contribution >= 4 is 12.2 Å². The van der Waals surface area contributed by atoms with Crippen molar-refractivity contribution in [2.75, 3.05) is 20.8 Å². The Morgan fingerprint density at radius 1 is 1.11 bits per heavy atom. The summed E-state index contributed by atoms with van der Waals surface area (Å²) in [5, 5.41) is 9.52. The molecule has 5 nitrogen and oxygen atoms in total. The van der Waals surface area contributed by atoms with Gasteiger partial charge in [0.25, 0.3) is 0 Å². The lowest BCUT2D eigenvalue weighted by atomic mass is 9.99. The lowest BCUT2D eigenvalue weighted by Gasteiger charge is -2.29. The second-order valence-electron chi connectivity index (χ2n) is 7.12. The van der Waals surface area contributed by atoms with Crippen LogP contribution in [0, 0.1) is 36.7 Å². The predicted molar refractivity (Wildman–Crippen MR) is 107 cm³/mol. The number of nitrogens with one attached hydrogen (secondary N) is 1. The Kier molecular flexibility index (Phi) is 5.54. The molecule has 1 N–H and O–H groups in total. The molecule has 0 saturated heterocycles. The zero-order valence-corrected chi connectivity index (χ0v) is 17.4. The number of rotatable bonds is 4. The van der Waals surface area contributed by atoms with Gasteiger partial charge in [-0.15, -0.1) is 0 Å². The van der Waals surface area contributed by atoms with Crippen molar-refractivity contribution in [1.29, 1.82) is 5.26 Å². The van der Waals surface area contributed by atoms with Crippen LogP contribution in [0.25, 0.3) is 0 Å². The summed E-state index contributed by atoms with van der Waals surface area (Å²) in [6, 6.07) is 6.46. The molecular formula is C21H26N3O2S+. The molecule has 0 amide bonds. The van der Waals surface area contributed by atoms with E-state index in [0.29, 0.717) is 10.2 Å². The van der Waals surface area contributed by atoms with Crippen LogP contribution in [0.1, 0.15) is 33.5 Å². The molecule has 2 heterocycles. The lowest BCUT2D eigenvalue weighted by molar-refractivity contribution is -0.938. The van der Waals surface area contributed by atoms with Crippen LogP contribution in [0.5, 0.6) is 11.5 Å². The maximum Gasteiger partial charge on any atom is 0.161 e. The van der Waals surface area contributed by atoms with E-state index in [0.717, 1.165) is 54.5 Å². The summed E-state index contributed by atoms with van der Waals surface area (Å²) >= 11 is 5.64. The maximum absolute atomic E-state index is 9.52. The van der Waals surface area contributed by atoms with Crippen LogP contribution < -0.4 is 14.4 Å². The molecule has 1 aromatic heterocycles. The van der Waals surface area contributed by atoms with Gasteiger partial charge in [-0.2, -0.15) is 5.26 Å². The van der Waals surface area contributed by atoms with Gasteiger partial charge < -0.3 is 14.4 Å². The van der Waals surface area contributed by atoms with Crippen molar-refractivity contribution in [3.8, 4) is 17.6 Å². The summed E-state index contributed by atoms with van der Waals surface area (Å²) in [5.41, 5.74) is 6.49. The van der Waals surface area contributed by atoms with Gasteiger partial charge in [-0.05, 0) is 49.6 Å². The SMILES string of the molecule is COc1cc2c(cc1OC)C[NH+](Cn1c(C)c(C)c(C)c(C#N)c1=S)CC2. The molecule has 0 aliphatic carbocycles. The van der Waals surface area contributed by atoms with Crippen LogP contribution >= 0.6 is 12.2 Å². The Labute approximate surface area is 165 Å². The number of ether oxygens (including phenoxy) is 2. The minimum atomic E-state index is 0.622. The highest BCUT2D eigenvalue weighted by molar-refractivity contribution is 7.71. The molecule has 3 rings (SSSR count). The van der Waals surface area contributed by atoms with E-state index >= 15 is 0 Å². The highest BCUT2D eigenvalue weighted by Crippen LogP contribution is 2.31. The van der Waals surface area contributed by atoms with Gasteiger partial charge in [-0.25, -0.2) is 0 Å². The first kappa shape index (κ1) is 19.4. The molecule has 0 saturated carbocycles. The number of hydrogen-bond acceptors (Lipinski definition) is 4. The van der Waals surface area contributed by atoms with Crippen molar-refractivity contribution in [2.45, 2.75) is 40.4 Å². The van der Waals surface area contributed by atoms with Crippen molar-refractivity contribution in [2.24, 2.45) is 0 Å². The third kappa shape index (κ3) is 3.45. The highest BCUT2D eigenvalue weighted by Gasteiger charge is 2.23. The molecule has 0 radical (unpaired) electrons. The minimum Gasteiger partial charge on any atom is -0.493 e. The van der Waals surface area contributed by atoms with Crippen molar-refractivity contribution in [1.82, 2.24) is 4.57 Å². The predicted octanol–water partition coefficient (Wildman–Crippen LogP) is 2.63. The van der Waals surface area contributed by atoms with Crippen LogP contribution in [0.15, 0.2) is 12.1 Å². The summed E-state index contributed by atoms with van der Waals surface area (Å²) in [5.74, 6) is 1.55. The smallest absolute Gasteiger partial charge is 0.161 e. The van der Waals surface area contributed by atoms with E-state index < -0.39 is 0 Å². The normalized spacial score (nSPS) is 15.8. The van der Waals surface area contributed by atoms with Crippen molar-refractivity contribution in [3.63, 3.8) is 0 Å². The number of quaternary nitrogens is 1. The van der Waals surface area contributed by atoms with E-state index in [1.807, 2.05) is 6.92 Å².